The average Bonchev–Trinajstić information content (AvgIpc) is 2.05. The summed E-state index contributed by atoms with van der Waals surface area (Å²) in [5, 5.41) is 9.76. The molecule has 2 unspecified atom stereocenters. The van der Waals surface area contributed by atoms with Crippen LogP contribution < -0.4 is 0 Å². The molecule has 0 aromatic carbocycles. The molecule has 1 aliphatic carbocycles. The van der Waals surface area contributed by atoms with Crippen LogP contribution in [0.3, 0.4) is 0 Å². The second-order valence-corrected chi connectivity index (χ2v) is 4.37. The molecule has 0 saturated heterocycles. The Kier molecular flexibility index (Phi) is 3.36. The molecule has 0 bridgehead atoms. The third kappa shape index (κ3) is 1.75. The number of hydrogen-bond acceptors (Lipinski definition) is 2. The Balaban J connectivity index is 2.58. The van der Waals surface area contributed by atoms with Crippen LogP contribution in [0.4, 0.5) is 0 Å². The number of aliphatic hydroxyl groups excluding tert-OH is 1. The molecule has 1 fully saturated rings. The lowest BCUT2D eigenvalue weighted by Crippen LogP contribution is -2.58. The van der Waals surface area contributed by atoms with Gasteiger partial charge in [0, 0.05) is 11.8 Å². The molecule has 0 radical (unpaired) electrons. The number of rotatable bonds is 4. The van der Waals surface area contributed by atoms with Gasteiger partial charge in [-0.05, 0) is 26.7 Å². The summed E-state index contributed by atoms with van der Waals surface area (Å²) in [7, 11) is 0. The maximum absolute atomic E-state index is 9.76. The smallest absolute Gasteiger partial charge is 0.0684 e. The summed E-state index contributed by atoms with van der Waals surface area (Å²) in [6, 6.07) is 0. The van der Waals surface area contributed by atoms with Crippen LogP contribution in [-0.2, 0) is 4.74 Å². The minimum Gasteiger partial charge on any atom is -0.392 e. The summed E-state index contributed by atoms with van der Waals surface area (Å²) in [5.74, 6) is 0. The van der Waals surface area contributed by atoms with Crippen molar-refractivity contribution in [1.82, 2.24) is 0 Å². The molecule has 0 amide bonds. The SMILES string of the molecule is CCC1(CC)C(O)CC1OC(C)C. The lowest BCUT2D eigenvalue weighted by molar-refractivity contribution is -0.208. The molecular weight excluding hydrogens is 164 g/mol. The van der Waals surface area contributed by atoms with Gasteiger partial charge in [-0.15, -0.1) is 0 Å². The highest BCUT2D eigenvalue weighted by Crippen LogP contribution is 2.49. The molecule has 0 aliphatic heterocycles. The molecule has 2 nitrogen and oxygen atoms in total. The van der Waals surface area contributed by atoms with Crippen molar-refractivity contribution < 1.29 is 9.84 Å². The lowest BCUT2D eigenvalue weighted by Gasteiger charge is -2.53. The van der Waals surface area contributed by atoms with Crippen molar-refractivity contribution in [3.63, 3.8) is 0 Å². The fourth-order valence-electron chi connectivity index (χ4n) is 2.42. The Hall–Kier alpha value is -0.0800. The topological polar surface area (TPSA) is 29.5 Å². The first-order valence-electron chi connectivity index (χ1n) is 5.40. The van der Waals surface area contributed by atoms with E-state index < -0.39 is 0 Å². The summed E-state index contributed by atoms with van der Waals surface area (Å²) >= 11 is 0. The minimum atomic E-state index is -0.147. The third-order valence-electron chi connectivity index (χ3n) is 3.50. The van der Waals surface area contributed by atoms with Crippen LogP contribution in [0, 0.1) is 5.41 Å². The number of hydrogen-bond donors (Lipinski definition) is 1. The first-order chi connectivity index (χ1) is 6.06. The molecule has 78 valence electrons. The van der Waals surface area contributed by atoms with E-state index in [-0.39, 0.29) is 23.7 Å². The molecule has 1 saturated carbocycles. The molecular formula is C11H22O2. The van der Waals surface area contributed by atoms with Gasteiger partial charge in [0.2, 0.25) is 0 Å². The van der Waals surface area contributed by atoms with Crippen molar-refractivity contribution in [3.8, 4) is 0 Å². The predicted molar refractivity (Wildman–Crippen MR) is 53.6 cm³/mol. The van der Waals surface area contributed by atoms with Crippen LogP contribution in [0.15, 0.2) is 0 Å². The van der Waals surface area contributed by atoms with Gasteiger partial charge in [0.15, 0.2) is 0 Å². The first kappa shape index (κ1) is 11.0. The van der Waals surface area contributed by atoms with Crippen LogP contribution >= 0.6 is 0 Å². The van der Waals surface area contributed by atoms with Crippen molar-refractivity contribution in [2.45, 2.75) is 65.3 Å². The molecule has 0 aromatic rings. The second-order valence-electron chi connectivity index (χ2n) is 4.37. The van der Waals surface area contributed by atoms with Gasteiger partial charge in [-0.1, -0.05) is 13.8 Å². The van der Waals surface area contributed by atoms with E-state index in [2.05, 4.69) is 27.7 Å². The maximum atomic E-state index is 9.76. The van der Waals surface area contributed by atoms with Gasteiger partial charge in [0.05, 0.1) is 18.3 Å². The lowest BCUT2D eigenvalue weighted by atomic mass is 9.60. The van der Waals surface area contributed by atoms with E-state index in [9.17, 15) is 5.11 Å². The summed E-state index contributed by atoms with van der Waals surface area (Å²) in [6.07, 6.45) is 3.25. The van der Waals surface area contributed by atoms with E-state index in [0.29, 0.717) is 0 Å². The van der Waals surface area contributed by atoms with Crippen molar-refractivity contribution in [2.75, 3.05) is 0 Å². The molecule has 1 rings (SSSR count). The molecule has 0 aromatic heterocycles. The Labute approximate surface area is 81.3 Å². The van der Waals surface area contributed by atoms with Gasteiger partial charge in [-0.3, -0.25) is 0 Å². The normalized spacial score (nSPS) is 31.8. The van der Waals surface area contributed by atoms with Gasteiger partial charge in [-0.2, -0.15) is 0 Å². The van der Waals surface area contributed by atoms with Crippen LogP contribution in [0.2, 0.25) is 0 Å². The van der Waals surface area contributed by atoms with Gasteiger partial charge in [0.25, 0.3) is 0 Å². The quantitative estimate of drug-likeness (QED) is 0.730. The van der Waals surface area contributed by atoms with Gasteiger partial charge >= 0.3 is 0 Å². The summed E-state index contributed by atoms with van der Waals surface area (Å²) in [4.78, 5) is 0. The molecule has 2 atom stereocenters. The van der Waals surface area contributed by atoms with Crippen LogP contribution in [-0.4, -0.2) is 23.4 Å². The first-order valence-corrected chi connectivity index (χ1v) is 5.40. The van der Waals surface area contributed by atoms with Gasteiger partial charge in [-0.25, -0.2) is 0 Å². The fourth-order valence-corrected chi connectivity index (χ4v) is 2.42. The molecule has 0 spiro atoms. The molecule has 2 heteroatoms. The summed E-state index contributed by atoms with van der Waals surface area (Å²) < 4.78 is 5.79. The predicted octanol–water partition coefficient (Wildman–Crippen LogP) is 2.35. The van der Waals surface area contributed by atoms with Crippen molar-refractivity contribution in [1.29, 1.82) is 0 Å². The standard InChI is InChI=1S/C11H22O2/c1-5-11(6-2)9(12)7-10(11)13-8(3)4/h8-10,12H,5-7H2,1-4H3. The van der Waals surface area contributed by atoms with Crippen molar-refractivity contribution in [3.05, 3.63) is 0 Å². The largest absolute Gasteiger partial charge is 0.392 e. The monoisotopic (exact) mass is 186 g/mol. The Morgan fingerprint density at radius 2 is 1.92 bits per heavy atom. The highest BCUT2D eigenvalue weighted by molar-refractivity contribution is 5.02. The highest BCUT2D eigenvalue weighted by atomic mass is 16.5. The van der Waals surface area contributed by atoms with E-state index in [1.165, 1.54) is 0 Å². The molecule has 13 heavy (non-hydrogen) atoms. The van der Waals surface area contributed by atoms with Crippen LogP contribution in [0.1, 0.15) is 47.0 Å². The highest BCUT2D eigenvalue weighted by Gasteiger charge is 2.52. The summed E-state index contributed by atoms with van der Waals surface area (Å²) in [6.45, 7) is 8.40. The van der Waals surface area contributed by atoms with Crippen molar-refractivity contribution in [2.24, 2.45) is 5.41 Å². The maximum Gasteiger partial charge on any atom is 0.0684 e. The molecule has 0 heterocycles. The Bertz CT molecular complexity index is 161. The van der Waals surface area contributed by atoms with Gasteiger partial charge in [0.1, 0.15) is 0 Å². The Morgan fingerprint density at radius 3 is 2.23 bits per heavy atom. The fraction of sp³-hybridized carbons (Fsp3) is 1.00. The van der Waals surface area contributed by atoms with Crippen LogP contribution in [0.5, 0.6) is 0 Å². The minimum absolute atomic E-state index is 0.0459. The number of ether oxygens (including phenoxy) is 1. The zero-order chi connectivity index (χ0) is 10.1. The van der Waals surface area contributed by atoms with E-state index >= 15 is 0 Å². The molecule has 1 aliphatic rings. The summed E-state index contributed by atoms with van der Waals surface area (Å²) in [5.41, 5.74) is 0.0459. The van der Waals surface area contributed by atoms with Gasteiger partial charge < -0.3 is 9.84 Å². The Morgan fingerprint density at radius 1 is 1.38 bits per heavy atom. The molecule has 1 N–H and O–H groups in total. The zero-order valence-corrected chi connectivity index (χ0v) is 9.21. The van der Waals surface area contributed by atoms with E-state index in [1.807, 2.05) is 0 Å². The third-order valence-corrected chi connectivity index (χ3v) is 3.50. The zero-order valence-electron chi connectivity index (χ0n) is 9.21. The van der Waals surface area contributed by atoms with E-state index in [4.69, 9.17) is 4.74 Å². The van der Waals surface area contributed by atoms with Crippen LogP contribution in [0.25, 0.3) is 0 Å². The average molecular weight is 186 g/mol. The van der Waals surface area contributed by atoms with E-state index in [1.54, 1.807) is 0 Å². The van der Waals surface area contributed by atoms with Crippen molar-refractivity contribution >= 4 is 0 Å². The number of aliphatic hydroxyl groups is 1. The van der Waals surface area contributed by atoms with E-state index in [0.717, 1.165) is 19.3 Å². The second kappa shape index (κ2) is 3.97.